The van der Waals surface area contributed by atoms with Crippen LogP contribution in [-0.2, 0) is 22.0 Å². The number of aromatic nitrogens is 4. The van der Waals surface area contributed by atoms with Crippen LogP contribution in [0.4, 0.5) is 38.0 Å². The van der Waals surface area contributed by atoms with Crippen molar-refractivity contribution in [1.82, 2.24) is 25.6 Å². The summed E-state index contributed by atoms with van der Waals surface area (Å²) < 4.78 is 77.3. The van der Waals surface area contributed by atoms with Gasteiger partial charge in [0.1, 0.15) is 11.7 Å². The Morgan fingerprint density at radius 2 is 1.78 bits per heavy atom. The fourth-order valence-corrected chi connectivity index (χ4v) is 3.65. The monoisotopic (exact) mass is 539 g/mol. The van der Waals surface area contributed by atoms with Crippen molar-refractivity contribution in [3.05, 3.63) is 40.1 Å². The van der Waals surface area contributed by atoms with Crippen LogP contribution in [0.3, 0.4) is 0 Å². The highest BCUT2D eigenvalue weighted by atomic mass is 19.4. The number of aliphatic hydroxyl groups is 1. The summed E-state index contributed by atoms with van der Waals surface area (Å²) in [6.45, 7) is 1.69. The van der Waals surface area contributed by atoms with Crippen molar-refractivity contribution in [2.75, 3.05) is 29.9 Å². The van der Waals surface area contributed by atoms with Crippen LogP contribution in [0.15, 0.2) is 23.4 Å². The molecule has 0 radical (unpaired) electrons. The van der Waals surface area contributed by atoms with Gasteiger partial charge in [0.15, 0.2) is 0 Å². The van der Waals surface area contributed by atoms with Gasteiger partial charge in [-0.1, -0.05) is 0 Å². The number of rotatable bonds is 8. The summed E-state index contributed by atoms with van der Waals surface area (Å²) in [4.78, 5) is 37.8. The normalized spacial score (nSPS) is 16.8. The first-order valence-electron chi connectivity index (χ1n) is 10.9. The van der Waals surface area contributed by atoms with E-state index in [1.54, 1.807) is 10.00 Å². The number of anilines is 2. The van der Waals surface area contributed by atoms with Gasteiger partial charge in [-0.05, 0) is 25.7 Å². The van der Waals surface area contributed by atoms with Crippen molar-refractivity contribution in [1.29, 1.82) is 0 Å². The number of hydrogen-bond acceptors (Lipinski definition) is 9. The van der Waals surface area contributed by atoms with E-state index in [0.717, 1.165) is 6.20 Å². The van der Waals surface area contributed by atoms with Gasteiger partial charge in [0.25, 0.3) is 11.5 Å². The standard InChI is InChI=1S/C20H23F6N7O4/c1-10(30-13-8-29-31-16(35)14(13)20(24,25)26)9-37-32-17(36)15(34)11-2-4-33(5-3-11)18-27-6-12(7-28-18)19(21,22)23/h6-8,10-11,15,34H,2-5,9H2,1H3,(H,32,36)(H2,30,31,35)/t10-,15?/m0/s1. The Labute approximate surface area is 205 Å². The summed E-state index contributed by atoms with van der Waals surface area (Å²) in [5.41, 5.74) is -2.38. The topological polar surface area (TPSA) is 145 Å². The molecule has 0 aromatic carbocycles. The first-order valence-corrected chi connectivity index (χ1v) is 10.9. The van der Waals surface area contributed by atoms with Gasteiger partial charge in [0, 0.05) is 31.5 Å². The van der Waals surface area contributed by atoms with Crippen LogP contribution in [0.25, 0.3) is 0 Å². The Kier molecular flexibility index (Phi) is 8.57. The molecule has 1 saturated heterocycles. The molecular formula is C20H23F6N7O4. The van der Waals surface area contributed by atoms with Crippen LogP contribution in [0.5, 0.6) is 0 Å². The van der Waals surface area contributed by atoms with Crippen molar-refractivity contribution < 1.29 is 41.1 Å². The van der Waals surface area contributed by atoms with Crippen LogP contribution in [-0.4, -0.2) is 63.0 Å². The molecule has 3 rings (SSSR count). The predicted molar refractivity (Wildman–Crippen MR) is 115 cm³/mol. The zero-order valence-electron chi connectivity index (χ0n) is 19.2. The molecule has 1 aliphatic heterocycles. The lowest BCUT2D eigenvalue weighted by atomic mass is 9.91. The molecule has 0 aliphatic carbocycles. The van der Waals surface area contributed by atoms with Gasteiger partial charge in [-0.25, -0.2) is 20.5 Å². The van der Waals surface area contributed by atoms with Gasteiger partial charge in [-0.3, -0.25) is 14.4 Å². The van der Waals surface area contributed by atoms with E-state index in [4.69, 9.17) is 4.84 Å². The molecule has 1 aliphatic rings. The second kappa shape index (κ2) is 11.3. The van der Waals surface area contributed by atoms with Gasteiger partial charge >= 0.3 is 12.4 Å². The first-order chi connectivity index (χ1) is 17.3. The molecule has 0 spiro atoms. The van der Waals surface area contributed by atoms with Crippen LogP contribution >= 0.6 is 0 Å². The summed E-state index contributed by atoms with van der Waals surface area (Å²) in [6, 6.07) is -0.797. The van der Waals surface area contributed by atoms with Gasteiger partial charge in [0.05, 0.1) is 24.1 Å². The number of nitrogens with zero attached hydrogens (tertiary/aromatic N) is 4. The number of nitrogens with one attached hydrogen (secondary N) is 3. The van der Waals surface area contributed by atoms with Crippen LogP contribution < -0.4 is 21.3 Å². The number of carbonyl (C=O) groups excluding carboxylic acids is 1. The van der Waals surface area contributed by atoms with E-state index in [9.17, 15) is 41.0 Å². The SMILES string of the molecule is C[C@@H](CONC(=O)C(O)C1CCN(c2ncc(C(F)(F)F)cn2)CC1)Nc1cn[nH]c(=O)c1C(F)(F)F. The largest absolute Gasteiger partial charge is 0.423 e. The maximum atomic E-state index is 13.1. The van der Waals surface area contributed by atoms with E-state index < -0.39 is 58.7 Å². The van der Waals surface area contributed by atoms with Gasteiger partial charge in [0.2, 0.25) is 5.95 Å². The number of H-pyrrole nitrogens is 1. The molecule has 0 bridgehead atoms. The Morgan fingerprint density at radius 1 is 1.16 bits per heavy atom. The average Bonchev–Trinajstić information content (AvgIpc) is 2.82. The lowest BCUT2D eigenvalue weighted by Crippen LogP contribution is -2.45. The molecule has 11 nitrogen and oxygen atoms in total. The lowest BCUT2D eigenvalue weighted by Gasteiger charge is -2.33. The fraction of sp³-hybridized carbons (Fsp3) is 0.550. The smallest absolute Gasteiger partial charge is 0.383 e. The molecule has 2 aromatic heterocycles. The predicted octanol–water partition coefficient (Wildman–Crippen LogP) is 1.72. The number of alkyl halides is 6. The van der Waals surface area contributed by atoms with Gasteiger partial charge in [-0.15, -0.1) is 0 Å². The number of aliphatic hydroxyl groups excluding tert-OH is 1. The molecular weight excluding hydrogens is 516 g/mol. The van der Waals surface area contributed by atoms with Crippen LogP contribution in [0.1, 0.15) is 30.9 Å². The summed E-state index contributed by atoms with van der Waals surface area (Å²) in [7, 11) is 0. The zero-order chi connectivity index (χ0) is 27.4. The van der Waals surface area contributed by atoms with Crippen molar-refractivity contribution >= 4 is 17.5 Å². The van der Waals surface area contributed by atoms with E-state index in [2.05, 4.69) is 20.4 Å². The minimum absolute atomic E-state index is 0.0968. The molecule has 4 N–H and O–H groups in total. The van der Waals surface area contributed by atoms with E-state index in [1.807, 2.05) is 5.48 Å². The summed E-state index contributed by atoms with van der Waals surface area (Å²) in [5, 5.41) is 17.8. The van der Waals surface area contributed by atoms with E-state index in [-0.39, 0.29) is 25.6 Å². The highest BCUT2D eigenvalue weighted by Crippen LogP contribution is 2.32. The van der Waals surface area contributed by atoms with Crippen LogP contribution in [0, 0.1) is 5.92 Å². The molecule has 1 fully saturated rings. The minimum Gasteiger partial charge on any atom is -0.383 e. The average molecular weight is 539 g/mol. The van der Waals surface area contributed by atoms with Gasteiger partial charge < -0.3 is 15.3 Å². The molecule has 0 saturated carbocycles. The number of hydroxylamine groups is 1. The van der Waals surface area contributed by atoms with Crippen molar-refractivity contribution in [2.24, 2.45) is 5.92 Å². The highest BCUT2D eigenvalue weighted by molar-refractivity contribution is 5.79. The molecule has 204 valence electrons. The highest BCUT2D eigenvalue weighted by Gasteiger charge is 2.38. The second-order valence-corrected chi connectivity index (χ2v) is 8.35. The molecule has 1 unspecified atom stereocenters. The molecule has 2 atom stereocenters. The zero-order valence-corrected chi connectivity index (χ0v) is 19.2. The van der Waals surface area contributed by atoms with E-state index >= 15 is 0 Å². The van der Waals surface area contributed by atoms with E-state index in [0.29, 0.717) is 25.2 Å². The number of amides is 1. The number of aromatic amines is 1. The van der Waals surface area contributed by atoms with Crippen molar-refractivity contribution in [2.45, 2.75) is 44.3 Å². The molecule has 3 heterocycles. The quantitative estimate of drug-likeness (QED) is 0.291. The Morgan fingerprint density at radius 3 is 2.35 bits per heavy atom. The Balaban J connectivity index is 1.44. The third-order valence-corrected chi connectivity index (χ3v) is 5.55. The van der Waals surface area contributed by atoms with Crippen LogP contribution in [0.2, 0.25) is 0 Å². The van der Waals surface area contributed by atoms with E-state index in [1.165, 1.54) is 6.92 Å². The number of halogens is 6. The van der Waals surface area contributed by atoms with Crippen molar-refractivity contribution in [3.8, 4) is 0 Å². The summed E-state index contributed by atoms with van der Waals surface area (Å²) in [5.74, 6) is -1.26. The number of piperidine rings is 1. The molecule has 1 amide bonds. The fourth-order valence-electron chi connectivity index (χ4n) is 3.65. The Bertz CT molecular complexity index is 1120. The minimum atomic E-state index is -4.92. The molecule has 17 heteroatoms. The maximum Gasteiger partial charge on any atom is 0.423 e. The van der Waals surface area contributed by atoms with Crippen molar-refractivity contribution in [3.63, 3.8) is 0 Å². The Hall–Kier alpha value is -3.47. The second-order valence-electron chi connectivity index (χ2n) is 8.35. The molecule has 37 heavy (non-hydrogen) atoms. The molecule has 2 aromatic rings. The summed E-state index contributed by atoms with van der Waals surface area (Å²) >= 11 is 0. The van der Waals surface area contributed by atoms with Gasteiger partial charge in [-0.2, -0.15) is 31.4 Å². The maximum absolute atomic E-state index is 13.1. The number of hydrogen-bond donors (Lipinski definition) is 4. The summed E-state index contributed by atoms with van der Waals surface area (Å²) in [6.07, 6.45) is -8.16. The third-order valence-electron chi connectivity index (χ3n) is 5.55. The third kappa shape index (κ3) is 7.28. The number of carbonyl (C=O) groups is 1. The first kappa shape index (κ1) is 28.1. The lowest BCUT2D eigenvalue weighted by molar-refractivity contribution is -0.145.